The summed E-state index contributed by atoms with van der Waals surface area (Å²) in [6, 6.07) is 9.66. The van der Waals surface area contributed by atoms with E-state index in [-0.39, 0.29) is 12.0 Å². The first kappa shape index (κ1) is 16.7. The first-order valence-corrected chi connectivity index (χ1v) is 9.00. The highest BCUT2D eigenvalue weighted by molar-refractivity contribution is 7.85. The molecule has 1 saturated heterocycles. The van der Waals surface area contributed by atoms with E-state index in [2.05, 4.69) is 13.8 Å². The number of benzene rings is 1. The summed E-state index contributed by atoms with van der Waals surface area (Å²) in [5, 5.41) is 0. The first-order valence-electron chi connectivity index (χ1n) is 7.68. The Balaban J connectivity index is 2.03. The summed E-state index contributed by atoms with van der Waals surface area (Å²) < 4.78 is 24.3. The van der Waals surface area contributed by atoms with Gasteiger partial charge in [-0.1, -0.05) is 32.0 Å². The number of rotatable bonds is 5. The molecule has 1 heterocycles. The molecule has 0 N–H and O–H groups in total. The molecule has 118 valence electrons. The van der Waals surface area contributed by atoms with Crippen molar-refractivity contribution in [3.8, 4) is 0 Å². The molecule has 0 amide bonds. The van der Waals surface area contributed by atoms with Gasteiger partial charge in [0, 0.05) is 16.6 Å². The molecule has 1 unspecified atom stereocenters. The predicted molar refractivity (Wildman–Crippen MR) is 85.6 cm³/mol. The van der Waals surface area contributed by atoms with E-state index in [0.29, 0.717) is 11.7 Å². The van der Waals surface area contributed by atoms with Gasteiger partial charge < -0.3 is 9.47 Å². The van der Waals surface area contributed by atoms with Crippen molar-refractivity contribution >= 4 is 10.8 Å². The summed E-state index contributed by atoms with van der Waals surface area (Å²) in [7, 11) is -0.978. The SMILES string of the molecule is CC[C@H]1COC(C)(C)O[C@H]1[C@@H](C)CS(=O)c1ccccc1. The molecule has 4 heteroatoms. The van der Waals surface area contributed by atoms with E-state index in [1.165, 1.54) is 0 Å². The monoisotopic (exact) mass is 310 g/mol. The minimum Gasteiger partial charge on any atom is -0.350 e. The molecule has 0 aromatic heterocycles. The van der Waals surface area contributed by atoms with Crippen molar-refractivity contribution < 1.29 is 13.7 Å². The van der Waals surface area contributed by atoms with E-state index in [4.69, 9.17) is 9.47 Å². The van der Waals surface area contributed by atoms with Crippen LogP contribution in [0.3, 0.4) is 0 Å². The van der Waals surface area contributed by atoms with Crippen LogP contribution in [0.4, 0.5) is 0 Å². The van der Waals surface area contributed by atoms with Gasteiger partial charge in [0.1, 0.15) is 0 Å². The third-order valence-electron chi connectivity index (χ3n) is 4.04. The third kappa shape index (κ3) is 4.38. The maximum Gasteiger partial charge on any atom is 0.163 e. The largest absolute Gasteiger partial charge is 0.350 e. The second-order valence-electron chi connectivity index (χ2n) is 6.26. The van der Waals surface area contributed by atoms with E-state index in [0.717, 1.165) is 17.9 Å². The quantitative estimate of drug-likeness (QED) is 0.833. The van der Waals surface area contributed by atoms with E-state index in [1.807, 2.05) is 44.2 Å². The smallest absolute Gasteiger partial charge is 0.163 e. The van der Waals surface area contributed by atoms with Crippen LogP contribution >= 0.6 is 0 Å². The topological polar surface area (TPSA) is 35.5 Å². The number of hydrogen-bond acceptors (Lipinski definition) is 3. The Bertz CT molecular complexity index is 472. The van der Waals surface area contributed by atoms with E-state index >= 15 is 0 Å². The Morgan fingerprint density at radius 3 is 2.62 bits per heavy atom. The highest BCUT2D eigenvalue weighted by Gasteiger charge is 2.38. The van der Waals surface area contributed by atoms with Crippen molar-refractivity contribution in [1.29, 1.82) is 0 Å². The average molecular weight is 310 g/mol. The molecule has 21 heavy (non-hydrogen) atoms. The molecule has 1 aromatic rings. The molecule has 1 aliphatic heterocycles. The van der Waals surface area contributed by atoms with Gasteiger partial charge in [-0.25, -0.2) is 0 Å². The summed E-state index contributed by atoms with van der Waals surface area (Å²) >= 11 is 0. The number of ether oxygens (including phenoxy) is 2. The van der Waals surface area contributed by atoms with Crippen molar-refractivity contribution in [2.75, 3.05) is 12.4 Å². The molecule has 0 spiro atoms. The highest BCUT2D eigenvalue weighted by atomic mass is 32.2. The lowest BCUT2D eigenvalue weighted by atomic mass is 9.90. The molecular weight excluding hydrogens is 284 g/mol. The van der Waals surface area contributed by atoms with Crippen LogP contribution in [0, 0.1) is 11.8 Å². The molecule has 0 bridgehead atoms. The first-order chi connectivity index (χ1) is 9.93. The molecule has 1 aromatic carbocycles. The lowest BCUT2D eigenvalue weighted by Crippen LogP contribution is -2.49. The maximum absolute atomic E-state index is 12.5. The van der Waals surface area contributed by atoms with Crippen molar-refractivity contribution in [1.82, 2.24) is 0 Å². The fourth-order valence-electron chi connectivity index (χ4n) is 2.79. The van der Waals surface area contributed by atoms with E-state index in [9.17, 15) is 4.21 Å². The summed E-state index contributed by atoms with van der Waals surface area (Å²) in [5.41, 5.74) is 0. The van der Waals surface area contributed by atoms with Gasteiger partial charge in [0.2, 0.25) is 0 Å². The molecule has 0 radical (unpaired) electrons. The molecule has 0 saturated carbocycles. The van der Waals surface area contributed by atoms with Crippen LogP contribution < -0.4 is 0 Å². The van der Waals surface area contributed by atoms with Gasteiger partial charge >= 0.3 is 0 Å². The highest BCUT2D eigenvalue weighted by Crippen LogP contribution is 2.32. The van der Waals surface area contributed by atoms with Gasteiger partial charge in [0.15, 0.2) is 5.79 Å². The normalized spacial score (nSPS) is 28.0. The zero-order chi connectivity index (χ0) is 15.5. The van der Waals surface area contributed by atoms with Crippen LogP contribution in [0.15, 0.2) is 35.2 Å². The predicted octanol–water partition coefficient (Wildman–Crippen LogP) is 3.61. The molecule has 4 atom stereocenters. The van der Waals surface area contributed by atoms with Crippen molar-refractivity contribution in [3.05, 3.63) is 30.3 Å². The number of hydrogen-bond donors (Lipinski definition) is 0. The van der Waals surface area contributed by atoms with Gasteiger partial charge in [-0.3, -0.25) is 4.21 Å². The van der Waals surface area contributed by atoms with Crippen LogP contribution in [0.2, 0.25) is 0 Å². The zero-order valence-corrected chi connectivity index (χ0v) is 14.2. The fraction of sp³-hybridized carbons (Fsp3) is 0.647. The summed E-state index contributed by atoms with van der Waals surface area (Å²) in [4.78, 5) is 0.892. The van der Waals surface area contributed by atoms with Crippen LogP contribution in [0.25, 0.3) is 0 Å². The maximum atomic E-state index is 12.5. The van der Waals surface area contributed by atoms with Crippen LogP contribution in [-0.2, 0) is 20.3 Å². The average Bonchev–Trinajstić information content (AvgIpc) is 2.47. The summed E-state index contributed by atoms with van der Waals surface area (Å²) in [6.07, 6.45) is 1.12. The molecule has 1 aliphatic rings. The Labute approximate surface area is 130 Å². The lowest BCUT2D eigenvalue weighted by molar-refractivity contribution is -0.300. The molecule has 0 aliphatic carbocycles. The molecule has 1 fully saturated rings. The molecule has 3 nitrogen and oxygen atoms in total. The van der Waals surface area contributed by atoms with Crippen LogP contribution in [-0.4, -0.2) is 28.5 Å². The standard InChI is InChI=1S/C17H26O3S/c1-5-14-11-19-17(3,4)20-16(14)13(2)12-21(18)15-9-7-6-8-10-15/h6-10,13-14,16H,5,11-12H2,1-4H3/t13-,14-,16-,21?/m0/s1. The lowest BCUT2D eigenvalue weighted by Gasteiger charge is -2.43. The van der Waals surface area contributed by atoms with Crippen molar-refractivity contribution in [2.45, 2.75) is 50.9 Å². The molecular formula is C17H26O3S. The minimum atomic E-state index is -0.978. The van der Waals surface area contributed by atoms with Gasteiger partial charge in [-0.05, 0) is 38.3 Å². The third-order valence-corrected chi connectivity index (χ3v) is 5.66. The Kier molecular flexibility index (Phi) is 5.58. The van der Waals surface area contributed by atoms with Crippen molar-refractivity contribution in [3.63, 3.8) is 0 Å². The van der Waals surface area contributed by atoms with Crippen LogP contribution in [0.5, 0.6) is 0 Å². The van der Waals surface area contributed by atoms with Gasteiger partial charge in [0.05, 0.1) is 23.5 Å². The second kappa shape index (κ2) is 7.03. The zero-order valence-electron chi connectivity index (χ0n) is 13.4. The minimum absolute atomic E-state index is 0.103. The Morgan fingerprint density at radius 2 is 2.00 bits per heavy atom. The van der Waals surface area contributed by atoms with Gasteiger partial charge in [0.25, 0.3) is 0 Å². The summed E-state index contributed by atoms with van der Waals surface area (Å²) in [6.45, 7) is 8.91. The second-order valence-corrected chi connectivity index (χ2v) is 7.76. The van der Waals surface area contributed by atoms with Gasteiger partial charge in [-0.2, -0.15) is 0 Å². The Hall–Kier alpha value is -0.710. The van der Waals surface area contributed by atoms with Crippen LogP contribution in [0.1, 0.15) is 34.1 Å². The Morgan fingerprint density at radius 1 is 1.33 bits per heavy atom. The van der Waals surface area contributed by atoms with Crippen molar-refractivity contribution in [2.24, 2.45) is 11.8 Å². The molecule has 2 rings (SSSR count). The van der Waals surface area contributed by atoms with Gasteiger partial charge in [-0.15, -0.1) is 0 Å². The van der Waals surface area contributed by atoms with E-state index < -0.39 is 16.6 Å². The fourth-order valence-corrected chi connectivity index (χ4v) is 4.11. The summed E-state index contributed by atoms with van der Waals surface area (Å²) in [5.74, 6) is 0.695. The van der Waals surface area contributed by atoms with E-state index in [1.54, 1.807) is 0 Å².